The Morgan fingerprint density at radius 1 is 1.31 bits per heavy atom. The molecule has 1 aliphatic heterocycles. The van der Waals surface area contributed by atoms with Crippen LogP contribution in [0.1, 0.15) is 12.8 Å². The molecule has 0 radical (unpaired) electrons. The molecule has 3 heterocycles. The minimum Gasteiger partial charge on any atom is -0.381 e. The first-order valence-corrected chi connectivity index (χ1v) is 9.61. The lowest BCUT2D eigenvalue weighted by atomic mass is 10.2. The number of nitrogens with zero attached hydrogens (tertiary/aromatic N) is 4. The number of rotatable bonds is 6. The quantitative estimate of drug-likeness (QED) is 0.675. The van der Waals surface area contributed by atoms with Gasteiger partial charge in [0.05, 0.1) is 6.33 Å². The number of hydrogen-bond donors (Lipinski definition) is 1. The standard InChI is InChI=1S/C16H23N5O4S/c1-19-14-13(15(23)20(2)16(19)24)21(10-18-14)9-12(22)17-5-8-26-11-3-6-25-7-4-11/h10-11H,3-9H2,1-2H3,(H,17,22). The Kier molecular flexibility index (Phi) is 5.82. The number of aryl methyl sites for hydroxylation is 1. The molecule has 0 aliphatic carbocycles. The zero-order valence-corrected chi connectivity index (χ0v) is 15.8. The van der Waals surface area contributed by atoms with E-state index < -0.39 is 11.2 Å². The maximum atomic E-state index is 12.3. The van der Waals surface area contributed by atoms with Gasteiger partial charge in [-0.1, -0.05) is 0 Å². The summed E-state index contributed by atoms with van der Waals surface area (Å²) in [4.78, 5) is 40.6. The van der Waals surface area contributed by atoms with Crippen LogP contribution >= 0.6 is 11.8 Å². The van der Waals surface area contributed by atoms with Crippen LogP contribution < -0.4 is 16.6 Å². The molecule has 0 atom stereocenters. The van der Waals surface area contributed by atoms with Crippen LogP contribution in [0.15, 0.2) is 15.9 Å². The molecule has 1 amide bonds. The Morgan fingerprint density at radius 3 is 2.77 bits per heavy atom. The smallest absolute Gasteiger partial charge is 0.332 e. The van der Waals surface area contributed by atoms with Crippen molar-refractivity contribution in [1.82, 2.24) is 24.0 Å². The highest BCUT2D eigenvalue weighted by atomic mass is 32.2. The van der Waals surface area contributed by atoms with Crippen LogP contribution in [-0.2, 0) is 30.2 Å². The molecule has 9 nitrogen and oxygen atoms in total. The van der Waals surface area contributed by atoms with Crippen molar-refractivity contribution in [2.45, 2.75) is 24.6 Å². The number of fused-ring (bicyclic) bond motifs is 1. The molecule has 0 unspecified atom stereocenters. The normalized spacial score (nSPS) is 15.5. The molecule has 1 fully saturated rings. The van der Waals surface area contributed by atoms with Crippen LogP contribution in [0, 0.1) is 0 Å². The van der Waals surface area contributed by atoms with Crippen molar-refractivity contribution in [3.63, 3.8) is 0 Å². The van der Waals surface area contributed by atoms with Crippen LogP contribution in [-0.4, -0.2) is 55.4 Å². The van der Waals surface area contributed by atoms with Gasteiger partial charge >= 0.3 is 5.69 Å². The SMILES string of the molecule is Cn1c(=O)c2c(ncn2CC(=O)NCCSC2CCOCC2)n(C)c1=O. The van der Waals surface area contributed by atoms with Crippen molar-refractivity contribution in [2.24, 2.45) is 14.1 Å². The zero-order chi connectivity index (χ0) is 18.7. The number of aromatic nitrogens is 4. The Hall–Kier alpha value is -2.07. The van der Waals surface area contributed by atoms with Crippen LogP contribution in [0.5, 0.6) is 0 Å². The molecule has 142 valence electrons. The van der Waals surface area contributed by atoms with Crippen molar-refractivity contribution in [3.05, 3.63) is 27.2 Å². The summed E-state index contributed by atoms with van der Waals surface area (Å²) >= 11 is 1.85. The molecule has 0 spiro atoms. The fourth-order valence-corrected chi connectivity index (χ4v) is 4.07. The zero-order valence-electron chi connectivity index (χ0n) is 14.9. The van der Waals surface area contributed by atoms with Crippen LogP contribution in [0.4, 0.5) is 0 Å². The van der Waals surface area contributed by atoms with Gasteiger partial charge in [0.25, 0.3) is 5.56 Å². The largest absolute Gasteiger partial charge is 0.381 e. The summed E-state index contributed by atoms with van der Waals surface area (Å²) in [6.45, 7) is 2.19. The molecule has 0 bridgehead atoms. The van der Waals surface area contributed by atoms with Gasteiger partial charge < -0.3 is 14.6 Å². The predicted molar refractivity (Wildman–Crippen MR) is 99.5 cm³/mol. The van der Waals surface area contributed by atoms with Crippen molar-refractivity contribution >= 4 is 28.8 Å². The number of ether oxygens (including phenoxy) is 1. The number of nitrogens with one attached hydrogen (secondary N) is 1. The van der Waals surface area contributed by atoms with E-state index in [2.05, 4.69) is 10.3 Å². The van der Waals surface area contributed by atoms with Gasteiger partial charge in [-0.15, -0.1) is 0 Å². The highest BCUT2D eigenvalue weighted by Crippen LogP contribution is 2.21. The summed E-state index contributed by atoms with van der Waals surface area (Å²) in [6, 6.07) is 0. The lowest BCUT2D eigenvalue weighted by Gasteiger charge is -2.21. The topological polar surface area (TPSA) is 100 Å². The van der Waals surface area contributed by atoms with Gasteiger partial charge in [-0.2, -0.15) is 11.8 Å². The van der Waals surface area contributed by atoms with E-state index in [1.54, 1.807) is 7.05 Å². The summed E-state index contributed by atoms with van der Waals surface area (Å²) in [5.41, 5.74) is -0.367. The van der Waals surface area contributed by atoms with E-state index in [0.29, 0.717) is 11.8 Å². The third-order valence-corrected chi connectivity index (χ3v) is 5.86. The van der Waals surface area contributed by atoms with Crippen molar-refractivity contribution in [2.75, 3.05) is 25.5 Å². The molecule has 26 heavy (non-hydrogen) atoms. The molecular weight excluding hydrogens is 358 g/mol. The first kappa shape index (κ1) is 18.7. The third-order valence-electron chi connectivity index (χ3n) is 4.48. The van der Waals surface area contributed by atoms with Crippen LogP contribution in [0.25, 0.3) is 11.2 Å². The van der Waals surface area contributed by atoms with Crippen molar-refractivity contribution in [1.29, 1.82) is 0 Å². The summed E-state index contributed by atoms with van der Waals surface area (Å²) < 4.78 is 9.13. The van der Waals surface area contributed by atoms with E-state index in [1.807, 2.05) is 11.8 Å². The van der Waals surface area contributed by atoms with E-state index in [-0.39, 0.29) is 23.6 Å². The highest BCUT2D eigenvalue weighted by molar-refractivity contribution is 7.99. The highest BCUT2D eigenvalue weighted by Gasteiger charge is 2.16. The fraction of sp³-hybridized carbons (Fsp3) is 0.625. The summed E-state index contributed by atoms with van der Waals surface area (Å²) in [5, 5.41) is 3.47. The first-order valence-electron chi connectivity index (χ1n) is 8.56. The van der Waals surface area contributed by atoms with Gasteiger partial charge in [0, 0.05) is 44.9 Å². The molecule has 10 heteroatoms. The number of hydrogen-bond acceptors (Lipinski definition) is 6. The Balaban J connectivity index is 1.59. The summed E-state index contributed by atoms with van der Waals surface area (Å²) in [5.74, 6) is 0.657. The average molecular weight is 381 g/mol. The average Bonchev–Trinajstić information content (AvgIpc) is 3.06. The molecule has 1 saturated heterocycles. The molecule has 1 aliphatic rings. The molecule has 2 aromatic rings. The van der Waals surface area contributed by atoms with Gasteiger partial charge in [0.15, 0.2) is 11.2 Å². The van der Waals surface area contributed by atoms with Gasteiger partial charge in [-0.05, 0) is 12.8 Å². The number of carbonyl (C=O) groups excluding carboxylic acids is 1. The van der Waals surface area contributed by atoms with Gasteiger partial charge in [0.1, 0.15) is 6.54 Å². The second kappa shape index (κ2) is 8.09. The van der Waals surface area contributed by atoms with Gasteiger partial charge in [-0.25, -0.2) is 9.78 Å². The number of thioether (sulfide) groups is 1. The predicted octanol–water partition coefficient (Wildman–Crippen LogP) is -0.538. The minimum atomic E-state index is -0.455. The van der Waals surface area contributed by atoms with Crippen molar-refractivity contribution in [3.8, 4) is 0 Å². The Labute approximate surface area is 154 Å². The van der Waals surface area contributed by atoms with E-state index in [9.17, 15) is 14.4 Å². The van der Waals surface area contributed by atoms with E-state index in [4.69, 9.17) is 4.74 Å². The number of amides is 1. The van der Waals surface area contributed by atoms with Crippen LogP contribution in [0.2, 0.25) is 0 Å². The van der Waals surface area contributed by atoms with Crippen molar-refractivity contribution < 1.29 is 9.53 Å². The first-order chi connectivity index (χ1) is 12.5. The minimum absolute atomic E-state index is 0.00806. The lowest BCUT2D eigenvalue weighted by molar-refractivity contribution is -0.121. The van der Waals surface area contributed by atoms with E-state index >= 15 is 0 Å². The number of carbonyl (C=O) groups is 1. The number of imidazole rings is 1. The second-order valence-electron chi connectivity index (χ2n) is 6.28. The summed E-state index contributed by atoms with van der Waals surface area (Å²) in [7, 11) is 2.96. The Bertz CT molecular complexity index is 910. The molecule has 0 saturated carbocycles. The van der Waals surface area contributed by atoms with E-state index in [1.165, 1.54) is 22.5 Å². The molecule has 3 rings (SSSR count). The monoisotopic (exact) mass is 381 g/mol. The van der Waals surface area contributed by atoms with Gasteiger partial charge in [0.2, 0.25) is 5.91 Å². The third kappa shape index (κ3) is 3.85. The van der Waals surface area contributed by atoms with Crippen LogP contribution in [0.3, 0.4) is 0 Å². The molecule has 1 N–H and O–H groups in total. The van der Waals surface area contributed by atoms with Gasteiger partial charge in [-0.3, -0.25) is 18.7 Å². The fourth-order valence-electron chi connectivity index (χ4n) is 2.99. The second-order valence-corrected chi connectivity index (χ2v) is 7.69. The molecular formula is C16H23N5O4S. The molecule has 2 aromatic heterocycles. The van der Waals surface area contributed by atoms with E-state index in [0.717, 1.165) is 36.4 Å². The Morgan fingerprint density at radius 2 is 2.04 bits per heavy atom. The maximum absolute atomic E-state index is 12.3. The maximum Gasteiger partial charge on any atom is 0.332 e. The molecule has 0 aromatic carbocycles. The lowest BCUT2D eigenvalue weighted by Crippen LogP contribution is -2.38. The summed E-state index contributed by atoms with van der Waals surface area (Å²) in [6.07, 6.45) is 3.53.